The first-order chi connectivity index (χ1) is 11.6. The molecule has 2 aromatic rings. The number of aromatic nitrogens is 3. The molecule has 2 fully saturated rings. The Kier molecular flexibility index (Phi) is 4.11. The summed E-state index contributed by atoms with van der Waals surface area (Å²) in [5, 5.41) is 7.96. The van der Waals surface area contributed by atoms with Gasteiger partial charge in [0.2, 0.25) is 5.91 Å². The third-order valence-corrected chi connectivity index (χ3v) is 5.08. The van der Waals surface area contributed by atoms with Crippen LogP contribution in [0.2, 0.25) is 0 Å². The van der Waals surface area contributed by atoms with Gasteiger partial charge in [-0.2, -0.15) is 0 Å². The van der Waals surface area contributed by atoms with E-state index in [-0.39, 0.29) is 23.1 Å². The number of halogens is 2. The number of hydrazine groups is 1. The molecule has 24 heavy (non-hydrogen) atoms. The van der Waals surface area contributed by atoms with Crippen molar-refractivity contribution in [2.45, 2.75) is 30.3 Å². The van der Waals surface area contributed by atoms with E-state index in [4.69, 9.17) is 11.6 Å². The van der Waals surface area contributed by atoms with Gasteiger partial charge in [0.25, 0.3) is 0 Å². The average molecular weight is 353 g/mol. The van der Waals surface area contributed by atoms with Gasteiger partial charge in [-0.25, -0.2) is 14.5 Å². The number of benzene rings is 1. The number of rotatable bonds is 2. The van der Waals surface area contributed by atoms with Gasteiger partial charge in [0.05, 0.1) is 16.9 Å². The molecule has 4 rings (SSSR count). The summed E-state index contributed by atoms with van der Waals surface area (Å²) in [6.07, 6.45) is 1.78. The fraction of sp³-hybridized carbons (Fsp3) is 0.533. The largest absolute Gasteiger partial charge is 0.339 e. The first-order valence-corrected chi connectivity index (χ1v) is 8.49. The van der Waals surface area contributed by atoms with E-state index in [0.29, 0.717) is 25.2 Å². The van der Waals surface area contributed by atoms with Gasteiger partial charge in [0, 0.05) is 25.7 Å². The third-order valence-electron chi connectivity index (χ3n) is 4.67. The van der Waals surface area contributed by atoms with Gasteiger partial charge in [-0.15, -0.1) is 16.7 Å². The lowest BCUT2D eigenvalue weighted by Gasteiger charge is -2.34. The van der Waals surface area contributed by atoms with Crippen LogP contribution in [0.1, 0.15) is 18.9 Å². The number of amides is 1. The van der Waals surface area contributed by atoms with E-state index in [1.165, 1.54) is 12.1 Å². The van der Waals surface area contributed by atoms with Gasteiger partial charge in [-0.3, -0.25) is 10.2 Å². The van der Waals surface area contributed by atoms with Crippen LogP contribution in [0.3, 0.4) is 0 Å². The highest BCUT2D eigenvalue weighted by Gasteiger charge is 2.36. The van der Waals surface area contributed by atoms with Crippen molar-refractivity contribution < 1.29 is 9.18 Å². The second-order valence-electron chi connectivity index (χ2n) is 6.27. The zero-order chi connectivity index (χ0) is 16.7. The van der Waals surface area contributed by atoms with Crippen LogP contribution in [-0.4, -0.2) is 56.9 Å². The molecule has 2 aliphatic heterocycles. The molecule has 2 saturated heterocycles. The van der Waals surface area contributed by atoms with Crippen LogP contribution in [-0.2, 0) is 4.79 Å². The van der Waals surface area contributed by atoms with E-state index in [2.05, 4.69) is 21.2 Å². The monoisotopic (exact) mass is 352 g/mol. The Morgan fingerprint density at radius 2 is 2.29 bits per heavy atom. The first-order valence-electron chi connectivity index (χ1n) is 8.05. The standard InChI is InChI=1S/C15H18ClFN6O/c16-11-7-18-20-14(11)15(24)22-5-1-2-10(8-22)23-13-4-3-9(17)6-12(13)19-21-23/h3-4,6,10-11,14,18,20H,1-2,5,7-8H2. The van der Waals surface area contributed by atoms with Gasteiger partial charge in [0.15, 0.2) is 0 Å². The number of carbonyl (C=O) groups is 1. The Hall–Kier alpha value is -1.77. The highest BCUT2D eigenvalue weighted by molar-refractivity contribution is 6.23. The second kappa shape index (κ2) is 6.27. The van der Waals surface area contributed by atoms with E-state index in [0.717, 1.165) is 18.4 Å². The summed E-state index contributed by atoms with van der Waals surface area (Å²) in [6.45, 7) is 1.82. The molecule has 1 aromatic carbocycles. The maximum Gasteiger partial charge on any atom is 0.242 e. The Labute approximate surface area is 143 Å². The molecule has 0 bridgehead atoms. The molecule has 3 atom stereocenters. The molecule has 0 radical (unpaired) electrons. The van der Waals surface area contributed by atoms with Crippen LogP contribution in [0.25, 0.3) is 11.0 Å². The summed E-state index contributed by atoms with van der Waals surface area (Å²) < 4.78 is 15.1. The van der Waals surface area contributed by atoms with Crippen molar-refractivity contribution in [3.05, 3.63) is 24.0 Å². The molecule has 128 valence electrons. The normalized spacial score (nSPS) is 27.8. The Morgan fingerprint density at radius 1 is 1.42 bits per heavy atom. The lowest BCUT2D eigenvalue weighted by Crippen LogP contribution is -2.51. The van der Waals surface area contributed by atoms with E-state index in [1.54, 1.807) is 10.7 Å². The quantitative estimate of drug-likeness (QED) is 0.783. The fourth-order valence-corrected chi connectivity index (χ4v) is 3.67. The van der Waals surface area contributed by atoms with Gasteiger partial charge >= 0.3 is 0 Å². The number of nitrogens with one attached hydrogen (secondary N) is 2. The molecular formula is C15H18ClFN6O. The molecule has 3 unspecified atom stereocenters. The average Bonchev–Trinajstić information content (AvgIpc) is 3.20. The highest BCUT2D eigenvalue weighted by atomic mass is 35.5. The van der Waals surface area contributed by atoms with E-state index in [9.17, 15) is 9.18 Å². The summed E-state index contributed by atoms with van der Waals surface area (Å²) in [7, 11) is 0. The zero-order valence-corrected chi connectivity index (χ0v) is 13.7. The number of alkyl halides is 1. The summed E-state index contributed by atoms with van der Waals surface area (Å²) in [5.41, 5.74) is 7.17. The summed E-state index contributed by atoms with van der Waals surface area (Å²) in [5.74, 6) is -0.330. The van der Waals surface area contributed by atoms with E-state index < -0.39 is 6.04 Å². The molecule has 7 nitrogen and oxygen atoms in total. The zero-order valence-electron chi connectivity index (χ0n) is 13.0. The van der Waals surface area contributed by atoms with Gasteiger partial charge in [-0.05, 0) is 25.0 Å². The summed E-state index contributed by atoms with van der Waals surface area (Å²) in [6, 6.07) is 4.08. The molecule has 0 saturated carbocycles. The van der Waals surface area contributed by atoms with Crippen LogP contribution in [0.5, 0.6) is 0 Å². The molecular weight excluding hydrogens is 335 g/mol. The van der Waals surface area contributed by atoms with Crippen molar-refractivity contribution in [2.75, 3.05) is 19.6 Å². The van der Waals surface area contributed by atoms with Crippen LogP contribution >= 0.6 is 11.6 Å². The van der Waals surface area contributed by atoms with Crippen molar-refractivity contribution in [3.8, 4) is 0 Å². The number of hydrogen-bond acceptors (Lipinski definition) is 5. The predicted octanol–water partition coefficient (Wildman–Crippen LogP) is 0.818. The van der Waals surface area contributed by atoms with Gasteiger partial charge in [-0.1, -0.05) is 5.21 Å². The lowest BCUT2D eigenvalue weighted by atomic mass is 10.0. The number of carbonyl (C=O) groups excluding carboxylic acids is 1. The molecule has 1 amide bonds. The maximum absolute atomic E-state index is 13.3. The predicted molar refractivity (Wildman–Crippen MR) is 86.9 cm³/mol. The molecule has 2 aliphatic rings. The van der Waals surface area contributed by atoms with E-state index in [1.807, 2.05) is 4.90 Å². The van der Waals surface area contributed by atoms with Gasteiger partial charge in [0.1, 0.15) is 17.4 Å². The molecule has 0 aliphatic carbocycles. The van der Waals surface area contributed by atoms with Crippen LogP contribution in [0.15, 0.2) is 18.2 Å². The third kappa shape index (κ3) is 2.74. The minimum absolute atomic E-state index is 0.000153. The minimum Gasteiger partial charge on any atom is -0.339 e. The van der Waals surface area contributed by atoms with Crippen molar-refractivity contribution in [1.82, 2.24) is 30.7 Å². The van der Waals surface area contributed by atoms with Crippen molar-refractivity contribution in [1.29, 1.82) is 0 Å². The Balaban J connectivity index is 1.55. The minimum atomic E-state index is -0.410. The summed E-state index contributed by atoms with van der Waals surface area (Å²) in [4.78, 5) is 14.5. The fourth-order valence-electron chi connectivity index (χ4n) is 3.43. The molecule has 3 heterocycles. The van der Waals surface area contributed by atoms with Crippen LogP contribution in [0.4, 0.5) is 4.39 Å². The molecule has 2 N–H and O–H groups in total. The number of fused-ring (bicyclic) bond motifs is 1. The molecule has 9 heteroatoms. The number of nitrogens with zero attached hydrogens (tertiary/aromatic N) is 4. The van der Waals surface area contributed by atoms with Crippen molar-refractivity contribution in [2.24, 2.45) is 0 Å². The van der Waals surface area contributed by atoms with Crippen molar-refractivity contribution >= 4 is 28.5 Å². The number of piperidine rings is 1. The molecule has 0 spiro atoms. The number of hydrogen-bond donors (Lipinski definition) is 2. The maximum atomic E-state index is 13.3. The molecule has 1 aromatic heterocycles. The number of likely N-dealkylation sites (tertiary alicyclic amines) is 1. The first kappa shape index (κ1) is 15.7. The SMILES string of the molecule is O=C(C1NNCC1Cl)N1CCCC(n2nnc3cc(F)ccc32)C1. The highest BCUT2D eigenvalue weighted by Crippen LogP contribution is 2.26. The summed E-state index contributed by atoms with van der Waals surface area (Å²) >= 11 is 6.19. The Morgan fingerprint density at radius 3 is 3.08 bits per heavy atom. The smallest absolute Gasteiger partial charge is 0.242 e. The lowest BCUT2D eigenvalue weighted by molar-refractivity contribution is -0.134. The van der Waals surface area contributed by atoms with Crippen LogP contribution < -0.4 is 10.9 Å². The topological polar surface area (TPSA) is 75.1 Å². The van der Waals surface area contributed by atoms with E-state index >= 15 is 0 Å². The Bertz CT molecular complexity index is 768. The van der Waals surface area contributed by atoms with Gasteiger partial charge < -0.3 is 4.90 Å². The van der Waals surface area contributed by atoms with Crippen molar-refractivity contribution in [3.63, 3.8) is 0 Å². The van der Waals surface area contributed by atoms with Crippen LogP contribution in [0, 0.1) is 5.82 Å². The second-order valence-corrected chi connectivity index (χ2v) is 6.83.